The van der Waals surface area contributed by atoms with Gasteiger partial charge in [-0.3, -0.25) is 4.79 Å². The molecule has 5 heteroatoms. The van der Waals surface area contributed by atoms with Crippen molar-refractivity contribution in [1.82, 2.24) is 9.80 Å². The predicted molar refractivity (Wildman–Crippen MR) is 76.9 cm³/mol. The molecule has 108 valence electrons. The summed E-state index contributed by atoms with van der Waals surface area (Å²) < 4.78 is 0. The number of hydrogen-bond acceptors (Lipinski definition) is 2. The average molecular weight is 266 g/mol. The van der Waals surface area contributed by atoms with Crippen LogP contribution in [-0.4, -0.2) is 53.4 Å². The van der Waals surface area contributed by atoms with E-state index in [-0.39, 0.29) is 5.91 Å². The number of carbonyl (C=O) groups excluding carboxylic acids is 1. The number of nitrogens with two attached hydrogens (primary N) is 1. The van der Waals surface area contributed by atoms with Gasteiger partial charge < -0.3 is 15.5 Å². The Morgan fingerprint density at radius 1 is 1.26 bits per heavy atom. The molecule has 0 atom stereocenters. The monoisotopic (exact) mass is 266 g/mol. The second-order valence-electron chi connectivity index (χ2n) is 6.22. The number of hydrogen-bond donors (Lipinski definition) is 1. The van der Waals surface area contributed by atoms with Gasteiger partial charge in [0.15, 0.2) is 5.96 Å². The van der Waals surface area contributed by atoms with Crippen molar-refractivity contribution in [1.29, 1.82) is 0 Å². The van der Waals surface area contributed by atoms with Crippen LogP contribution >= 0.6 is 0 Å². The van der Waals surface area contributed by atoms with Gasteiger partial charge in [-0.1, -0.05) is 19.3 Å². The topological polar surface area (TPSA) is 61.9 Å². The number of guanidine groups is 1. The molecule has 0 aromatic rings. The van der Waals surface area contributed by atoms with Crippen molar-refractivity contribution in [3.05, 3.63) is 0 Å². The summed E-state index contributed by atoms with van der Waals surface area (Å²) in [5.74, 6) is 0.652. The molecular formula is C14H26N4O. The Balaban J connectivity index is 2.11. The van der Waals surface area contributed by atoms with Crippen LogP contribution in [0.3, 0.4) is 0 Å². The van der Waals surface area contributed by atoms with Gasteiger partial charge in [0.2, 0.25) is 5.91 Å². The Hall–Kier alpha value is -1.26. The van der Waals surface area contributed by atoms with Gasteiger partial charge in [0, 0.05) is 20.1 Å². The van der Waals surface area contributed by atoms with Crippen molar-refractivity contribution in [3.63, 3.8) is 0 Å². The van der Waals surface area contributed by atoms with E-state index in [2.05, 4.69) is 4.99 Å². The number of likely N-dealkylation sites (N-methyl/N-ethyl adjacent to an activating group) is 1. The Morgan fingerprint density at radius 3 is 2.53 bits per heavy atom. The van der Waals surface area contributed by atoms with Crippen LogP contribution in [0.2, 0.25) is 0 Å². The molecule has 2 fully saturated rings. The van der Waals surface area contributed by atoms with Crippen LogP contribution in [0.15, 0.2) is 4.99 Å². The quantitative estimate of drug-likeness (QED) is 0.573. The van der Waals surface area contributed by atoms with Crippen molar-refractivity contribution < 1.29 is 4.79 Å². The third-order valence-electron chi connectivity index (χ3n) is 4.37. The highest BCUT2D eigenvalue weighted by Gasteiger charge is 2.41. The maximum absolute atomic E-state index is 12.2. The lowest BCUT2D eigenvalue weighted by atomic mass is 9.96. The summed E-state index contributed by atoms with van der Waals surface area (Å²) in [6, 6.07) is 0.347. The van der Waals surface area contributed by atoms with E-state index in [0.29, 0.717) is 18.5 Å². The Bertz CT molecular complexity index is 372. The lowest BCUT2D eigenvalue weighted by Crippen LogP contribution is -2.65. The van der Waals surface area contributed by atoms with Gasteiger partial charge in [-0.2, -0.15) is 0 Å². The Morgan fingerprint density at radius 2 is 1.89 bits per heavy atom. The van der Waals surface area contributed by atoms with E-state index in [9.17, 15) is 4.79 Å². The van der Waals surface area contributed by atoms with E-state index in [0.717, 1.165) is 19.4 Å². The lowest BCUT2D eigenvalue weighted by Gasteiger charge is -2.45. The minimum absolute atomic E-state index is 0.112. The van der Waals surface area contributed by atoms with Gasteiger partial charge in [0.25, 0.3) is 0 Å². The highest BCUT2D eigenvalue weighted by Crippen LogP contribution is 2.24. The van der Waals surface area contributed by atoms with Gasteiger partial charge in [-0.15, -0.1) is 0 Å². The summed E-state index contributed by atoms with van der Waals surface area (Å²) in [5, 5.41) is 0. The molecule has 1 heterocycles. The SMILES string of the molecule is CN1CCN(C(N)=NC2CCCCC2)C(C)(C)C1=O. The van der Waals surface area contributed by atoms with E-state index in [1.54, 1.807) is 4.90 Å². The van der Waals surface area contributed by atoms with Gasteiger partial charge in [0.05, 0.1) is 6.04 Å². The number of piperazine rings is 1. The zero-order valence-corrected chi connectivity index (χ0v) is 12.4. The smallest absolute Gasteiger partial charge is 0.247 e. The summed E-state index contributed by atoms with van der Waals surface area (Å²) in [6.45, 7) is 5.32. The maximum Gasteiger partial charge on any atom is 0.247 e. The standard InChI is InChI=1S/C14H26N4O/c1-14(2)12(19)17(3)9-10-18(14)13(15)16-11-7-5-4-6-8-11/h11H,4-10H2,1-3H3,(H2,15,16). The van der Waals surface area contributed by atoms with Crippen LogP contribution in [0.4, 0.5) is 0 Å². The van der Waals surface area contributed by atoms with Crippen LogP contribution in [0.1, 0.15) is 46.0 Å². The van der Waals surface area contributed by atoms with Crippen molar-refractivity contribution in [3.8, 4) is 0 Å². The maximum atomic E-state index is 12.2. The number of aliphatic imine (C=N–C) groups is 1. The number of rotatable bonds is 1. The molecule has 0 aromatic heterocycles. The van der Waals surface area contributed by atoms with Gasteiger partial charge in [-0.05, 0) is 26.7 Å². The minimum Gasteiger partial charge on any atom is -0.370 e. The largest absolute Gasteiger partial charge is 0.370 e. The molecule has 0 unspecified atom stereocenters. The first-order valence-corrected chi connectivity index (χ1v) is 7.29. The van der Waals surface area contributed by atoms with Crippen LogP contribution in [0, 0.1) is 0 Å². The molecule has 0 aromatic carbocycles. The Kier molecular flexibility index (Phi) is 4.02. The van der Waals surface area contributed by atoms with Crippen LogP contribution in [0.5, 0.6) is 0 Å². The fourth-order valence-electron chi connectivity index (χ4n) is 3.08. The first-order valence-electron chi connectivity index (χ1n) is 7.29. The van der Waals surface area contributed by atoms with Crippen molar-refractivity contribution in [2.24, 2.45) is 10.7 Å². The molecule has 2 rings (SSSR count). The van der Waals surface area contributed by atoms with E-state index in [4.69, 9.17) is 5.73 Å². The Labute approximate surface area is 115 Å². The molecule has 5 nitrogen and oxygen atoms in total. The van der Waals surface area contributed by atoms with Crippen LogP contribution in [0.25, 0.3) is 0 Å². The molecule has 0 bridgehead atoms. The minimum atomic E-state index is -0.588. The second kappa shape index (κ2) is 5.39. The van der Waals surface area contributed by atoms with Crippen molar-refractivity contribution >= 4 is 11.9 Å². The van der Waals surface area contributed by atoms with Crippen LogP contribution in [-0.2, 0) is 4.79 Å². The molecule has 2 aliphatic rings. The van der Waals surface area contributed by atoms with Crippen LogP contribution < -0.4 is 5.73 Å². The molecule has 0 radical (unpaired) electrons. The highest BCUT2D eigenvalue weighted by molar-refractivity contribution is 5.92. The zero-order chi connectivity index (χ0) is 14.0. The molecule has 19 heavy (non-hydrogen) atoms. The van der Waals surface area contributed by atoms with Gasteiger partial charge in [-0.25, -0.2) is 4.99 Å². The summed E-state index contributed by atoms with van der Waals surface area (Å²) in [7, 11) is 1.84. The van der Waals surface area contributed by atoms with Gasteiger partial charge in [0.1, 0.15) is 5.54 Å². The first-order chi connectivity index (χ1) is 8.93. The van der Waals surface area contributed by atoms with E-state index in [1.807, 2.05) is 25.8 Å². The van der Waals surface area contributed by atoms with Crippen molar-refractivity contribution in [2.75, 3.05) is 20.1 Å². The third kappa shape index (κ3) is 2.85. The summed E-state index contributed by atoms with van der Waals surface area (Å²) >= 11 is 0. The normalized spacial score (nSPS) is 25.8. The number of amides is 1. The molecule has 0 spiro atoms. The first kappa shape index (κ1) is 14.2. The van der Waals surface area contributed by atoms with E-state index < -0.39 is 5.54 Å². The average Bonchev–Trinajstić information content (AvgIpc) is 2.37. The van der Waals surface area contributed by atoms with Gasteiger partial charge >= 0.3 is 0 Å². The lowest BCUT2D eigenvalue weighted by molar-refractivity contribution is -0.143. The predicted octanol–water partition coefficient (Wildman–Crippen LogP) is 1.19. The number of nitrogens with zero attached hydrogens (tertiary/aromatic N) is 3. The molecule has 2 N–H and O–H groups in total. The summed E-state index contributed by atoms with van der Waals surface area (Å²) in [5.41, 5.74) is 5.58. The molecule has 1 aliphatic heterocycles. The zero-order valence-electron chi connectivity index (χ0n) is 12.4. The third-order valence-corrected chi connectivity index (χ3v) is 4.37. The molecular weight excluding hydrogens is 240 g/mol. The molecule has 1 saturated heterocycles. The molecule has 1 saturated carbocycles. The molecule has 1 aliphatic carbocycles. The molecule has 1 amide bonds. The van der Waals surface area contributed by atoms with E-state index in [1.165, 1.54) is 19.3 Å². The summed E-state index contributed by atoms with van der Waals surface area (Å²) in [6.07, 6.45) is 6.05. The van der Waals surface area contributed by atoms with E-state index >= 15 is 0 Å². The fraction of sp³-hybridized carbons (Fsp3) is 0.857. The van der Waals surface area contributed by atoms with Crippen molar-refractivity contribution in [2.45, 2.75) is 57.5 Å². The highest BCUT2D eigenvalue weighted by atomic mass is 16.2. The fourth-order valence-corrected chi connectivity index (χ4v) is 3.08. The summed E-state index contributed by atoms with van der Waals surface area (Å²) in [4.78, 5) is 20.6. The second-order valence-corrected chi connectivity index (χ2v) is 6.22. The number of carbonyl (C=O) groups is 1.